The standard InChI is InChI=1S/C39H63N5O8/c1-12-25(6)34(43(9)38(48)33(24(4)5)42-37(47)32(40-8)23(2)3)30(51-10)22-31(45)44-20-16-19-29(44)35(52-11)26(7)36(46)41-28(39(49)50)21-27-17-14-13-15-18-27/h13-15,17-18,23-26,28-30,33-35H,12,16,19-22H2,1-11H3,(H,41,46)(H,42,47)(H,49,50)/b40-32+/t25-,26+,28?,29-,30+,33?,34-,35+/m0/s1. The number of rotatable bonds is 20. The van der Waals surface area contributed by atoms with E-state index in [-0.39, 0.29) is 48.3 Å². The molecule has 1 aromatic rings. The Morgan fingerprint density at radius 2 is 1.63 bits per heavy atom. The molecular weight excluding hydrogens is 666 g/mol. The predicted octanol–water partition coefficient (Wildman–Crippen LogP) is 3.59. The first-order valence-electron chi connectivity index (χ1n) is 18.5. The zero-order valence-corrected chi connectivity index (χ0v) is 33.0. The van der Waals surface area contributed by atoms with E-state index in [4.69, 9.17) is 9.47 Å². The van der Waals surface area contributed by atoms with Crippen molar-refractivity contribution in [3.63, 3.8) is 0 Å². The third-order valence-corrected chi connectivity index (χ3v) is 10.4. The normalized spacial score (nSPS) is 19.0. The van der Waals surface area contributed by atoms with E-state index >= 15 is 0 Å². The molecule has 292 valence electrons. The molecule has 0 aliphatic carbocycles. The van der Waals surface area contributed by atoms with Crippen LogP contribution in [0.4, 0.5) is 0 Å². The van der Waals surface area contributed by atoms with Crippen LogP contribution in [0.2, 0.25) is 0 Å². The summed E-state index contributed by atoms with van der Waals surface area (Å²) < 4.78 is 11.8. The number of hydrogen-bond acceptors (Lipinski definition) is 8. The number of nitrogens with one attached hydrogen (secondary N) is 2. The number of carbonyl (C=O) groups is 5. The molecule has 4 amide bonds. The van der Waals surface area contributed by atoms with E-state index in [0.29, 0.717) is 31.5 Å². The number of ether oxygens (including phenoxy) is 2. The fourth-order valence-electron chi connectivity index (χ4n) is 7.23. The van der Waals surface area contributed by atoms with E-state index in [1.54, 1.807) is 30.8 Å². The Kier molecular flexibility index (Phi) is 17.9. The third kappa shape index (κ3) is 11.6. The lowest BCUT2D eigenvalue weighted by molar-refractivity contribution is -0.148. The summed E-state index contributed by atoms with van der Waals surface area (Å²) in [5.41, 5.74) is 1.14. The molecule has 0 saturated carbocycles. The number of aliphatic imine (C=N–C) groups is 1. The van der Waals surface area contributed by atoms with Crippen LogP contribution in [0.25, 0.3) is 0 Å². The van der Waals surface area contributed by atoms with Gasteiger partial charge in [-0.3, -0.25) is 24.2 Å². The summed E-state index contributed by atoms with van der Waals surface area (Å²) in [6.45, 7) is 13.7. The minimum atomic E-state index is -1.14. The summed E-state index contributed by atoms with van der Waals surface area (Å²) >= 11 is 0. The highest BCUT2D eigenvalue weighted by Gasteiger charge is 2.43. The average molecular weight is 730 g/mol. The number of likely N-dealkylation sites (tertiary alicyclic amines) is 1. The molecule has 1 aromatic carbocycles. The molecule has 1 fully saturated rings. The maximum absolute atomic E-state index is 14.1. The third-order valence-electron chi connectivity index (χ3n) is 10.4. The highest BCUT2D eigenvalue weighted by Crippen LogP contribution is 2.29. The molecule has 8 atom stereocenters. The van der Waals surface area contributed by atoms with Gasteiger partial charge in [-0.15, -0.1) is 0 Å². The van der Waals surface area contributed by atoms with Gasteiger partial charge in [0.2, 0.25) is 17.7 Å². The zero-order valence-electron chi connectivity index (χ0n) is 33.0. The maximum Gasteiger partial charge on any atom is 0.326 e. The Morgan fingerprint density at radius 1 is 1.00 bits per heavy atom. The molecule has 1 aliphatic heterocycles. The Bertz CT molecular complexity index is 1370. The lowest BCUT2D eigenvalue weighted by atomic mass is 9.89. The monoisotopic (exact) mass is 729 g/mol. The highest BCUT2D eigenvalue weighted by molar-refractivity contribution is 6.39. The van der Waals surface area contributed by atoms with Crippen LogP contribution in [0.5, 0.6) is 0 Å². The molecule has 1 heterocycles. The van der Waals surface area contributed by atoms with Crippen LogP contribution in [-0.4, -0.2) is 121 Å². The van der Waals surface area contributed by atoms with Crippen molar-refractivity contribution in [1.29, 1.82) is 0 Å². The van der Waals surface area contributed by atoms with Crippen LogP contribution in [0.1, 0.15) is 79.7 Å². The molecule has 1 saturated heterocycles. The van der Waals surface area contributed by atoms with E-state index in [9.17, 15) is 29.1 Å². The second-order valence-electron chi connectivity index (χ2n) is 14.6. The summed E-state index contributed by atoms with van der Waals surface area (Å²) in [4.78, 5) is 74.3. The minimum absolute atomic E-state index is 0.0203. The first-order valence-corrected chi connectivity index (χ1v) is 18.5. The lowest BCUT2D eigenvalue weighted by Gasteiger charge is -2.40. The van der Waals surface area contributed by atoms with Gasteiger partial charge < -0.3 is 35.0 Å². The highest BCUT2D eigenvalue weighted by atomic mass is 16.5. The van der Waals surface area contributed by atoms with E-state index in [2.05, 4.69) is 15.6 Å². The summed E-state index contributed by atoms with van der Waals surface area (Å²) in [5, 5.41) is 15.4. The molecule has 1 aliphatic rings. The Hall–Kier alpha value is -3.84. The van der Waals surface area contributed by atoms with Gasteiger partial charge in [0.1, 0.15) is 17.8 Å². The number of nitrogens with zero attached hydrogens (tertiary/aromatic N) is 3. The van der Waals surface area contributed by atoms with E-state index in [1.165, 1.54) is 14.2 Å². The second kappa shape index (κ2) is 21.0. The van der Waals surface area contributed by atoms with E-state index in [0.717, 1.165) is 5.56 Å². The van der Waals surface area contributed by atoms with Crippen molar-refractivity contribution in [3.05, 3.63) is 35.9 Å². The first-order chi connectivity index (χ1) is 24.5. The van der Waals surface area contributed by atoms with E-state index in [1.807, 2.05) is 71.9 Å². The molecule has 0 aromatic heterocycles. The van der Waals surface area contributed by atoms with Gasteiger partial charge in [0.15, 0.2) is 0 Å². The van der Waals surface area contributed by atoms with Crippen LogP contribution in [0, 0.1) is 23.7 Å². The Balaban J connectivity index is 2.27. The molecule has 0 bridgehead atoms. The largest absolute Gasteiger partial charge is 0.480 e. The van der Waals surface area contributed by atoms with Crippen LogP contribution in [0.15, 0.2) is 35.3 Å². The molecule has 3 N–H and O–H groups in total. The number of methoxy groups -OCH3 is 2. The number of aliphatic carboxylic acids is 1. The quantitative estimate of drug-likeness (QED) is 0.171. The minimum Gasteiger partial charge on any atom is -0.480 e. The molecule has 2 rings (SSSR count). The fraction of sp³-hybridized carbons (Fsp3) is 0.692. The number of carboxylic acids is 1. The second-order valence-corrected chi connectivity index (χ2v) is 14.6. The first kappa shape index (κ1) is 44.3. The van der Waals surface area contributed by atoms with Gasteiger partial charge in [-0.05, 0) is 30.2 Å². The predicted molar refractivity (Wildman–Crippen MR) is 201 cm³/mol. The number of carbonyl (C=O) groups excluding carboxylic acids is 4. The van der Waals surface area contributed by atoms with E-state index < -0.39 is 54.2 Å². The van der Waals surface area contributed by atoms with Gasteiger partial charge in [0, 0.05) is 47.2 Å². The molecule has 2 unspecified atom stereocenters. The van der Waals surface area contributed by atoms with Crippen LogP contribution >= 0.6 is 0 Å². The summed E-state index contributed by atoms with van der Waals surface area (Å²) in [6, 6.07) is 6.22. The summed E-state index contributed by atoms with van der Waals surface area (Å²) in [5.74, 6) is -3.63. The van der Waals surface area contributed by atoms with Crippen molar-refractivity contribution < 1.29 is 38.6 Å². The Labute approximate surface area is 310 Å². The number of likely N-dealkylation sites (N-methyl/N-ethyl adjacent to an activating group) is 1. The van der Waals surface area contributed by atoms with Crippen LogP contribution < -0.4 is 10.6 Å². The van der Waals surface area contributed by atoms with Crippen LogP contribution in [0.3, 0.4) is 0 Å². The van der Waals surface area contributed by atoms with Crippen LogP contribution in [-0.2, 0) is 39.9 Å². The number of hydrogen-bond donors (Lipinski definition) is 3. The number of carboxylic acid groups (broad SMARTS) is 1. The molecular formula is C39H63N5O8. The van der Waals surface area contributed by atoms with Gasteiger partial charge in [-0.1, -0.05) is 85.2 Å². The van der Waals surface area contributed by atoms with Crippen molar-refractivity contribution in [1.82, 2.24) is 20.4 Å². The van der Waals surface area contributed by atoms with Crippen molar-refractivity contribution >= 4 is 35.3 Å². The molecule has 0 radical (unpaired) electrons. The lowest BCUT2D eigenvalue weighted by Crippen LogP contribution is -2.58. The van der Waals surface area contributed by atoms with Gasteiger partial charge in [0.05, 0.1) is 36.6 Å². The smallest absolute Gasteiger partial charge is 0.326 e. The van der Waals surface area contributed by atoms with Crippen molar-refractivity contribution in [2.24, 2.45) is 28.7 Å². The van der Waals surface area contributed by atoms with Gasteiger partial charge in [-0.2, -0.15) is 0 Å². The average Bonchev–Trinajstić information content (AvgIpc) is 3.59. The topological polar surface area (TPSA) is 167 Å². The summed E-state index contributed by atoms with van der Waals surface area (Å²) in [7, 11) is 6.27. The SMILES string of the molecule is CC[C@H](C)[C@@H]([C@@H](CC(=O)N1CCC[C@H]1[C@H](OC)[C@@H](C)C(=O)NC(Cc1ccccc1)C(=O)O)OC)N(C)C(=O)C(NC(=O)/C(=N/C)C(C)C)C(C)C. The molecule has 13 heteroatoms. The van der Waals surface area contributed by atoms with Gasteiger partial charge >= 0.3 is 5.97 Å². The van der Waals surface area contributed by atoms with Crippen molar-refractivity contribution in [2.45, 2.75) is 117 Å². The van der Waals surface area contributed by atoms with Crippen molar-refractivity contribution in [2.75, 3.05) is 34.9 Å². The number of amides is 4. The molecule has 52 heavy (non-hydrogen) atoms. The van der Waals surface area contributed by atoms with Crippen molar-refractivity contribution in [3.8, 4) is 0 Å². The maximum atomic E-state index is 14.1. The summed E-state index contributed by atoms with van der Waals surface area (Å²) in [6.07, 6.45) is 0.773. The van der Waals surface area contributed by atoms with Gasteiger partial charge in [0.25, 0.3) is 5.91 Å². The fourth-order valence-corrected chi connectivity index (χ4v) is 7.23. The zero-order chi connectivity index (χ0) is 39.3. The van der Waals surface area contributed by atoms with Gasteiger partial charge in [-0.25, -0.2) is 4.79 Å². The Morgan fingerprint density at radius 3 is 2.13 bits per heavy atom. The molecule has 13 nitrogen and oxygen atoms in total. The molecule has 0 spiro atoms. The number of benzene rings is 1.